The van der Waals surface area contributed by atoms with E-state index in [9.17, 15) is 0 Å². The second-order valence-corrected chi connectivity index (χ2v) is 3.43. The maximum atomic E-state index is 6.03. The van der Waals surface area contributed by atoms with Crippen LogP contribution in [0.15, 0.2) is 36.5 Å². The van der Waals surface area contributed by atoms with Crippen molar-refractivity contribution in [1.29, 1.82) is 0 Å². The average molecular weight is 186 g/mol. The molecule has 0 aliphatic rings. The van der Waals surface area contributed by atoms with Gasteiger partial charge in [0, 0.05) is 17.6 Å². The Balaban J connectivity index is 2.65. The molecule has 0 fully saturated rings. The summed E-state index contributed by atoms with van der Waals surface area (Å²) in [5.74, 6) is 0. The zero-order valence-corrected chi connectivity index (χ0v) is 8.27. The first-order valence-electron chi connectivity index (χ1n) is 4.92. The van der Waals surface area contributed by atoms with Gasteiger partial charge in [0.05, 0.1) is 5.52 Å². The summed E-state index contributed by atoms with van der Waals surface area (Å²) in [6.45, 7) is 2.10. The predicted molar refractivity (Wildman–Crippen MR) is 59.0 cm³/mol. The maximum absolute atomic E-state index is 6.03. The molecule has 1 atom stereocenters. The highest BCUT2D eigenvalue weighted by Gasteiger charge is 2.07. The minimum absolute atomic E-state index is 0.114. The van der Waals surface area contributed by atoms with Crippen LogP contribution >= 0.6 is 0 Å². The molecule has 0 saturated carbocycles. The van der Waals surface area contributed by atoms with Crippen molar-refractivity contribution in [2.75, 3.05) is 0 Å². The van der Waals surface area contributed by atoms with Crippen LogP contribution in [0.3, 0.4) is 0 Å². The molecule has 1 aromatic carbocycles. The third-order valence-corrected chi connectivity index (χ3v) is 2.52. The van der Waals surface area contributed by atoms with Crippen LogP contribution in [-0.2, 0) is 0 Å². The number of aromatic nitrogens is 1. The van der Waals surface area contributed by atoms with Gasteiger partial charge in [0.15, 0.2) is 0 Å². The molecule has 0 bridgehead atoms. The van der Waals surface area contributed by atoms with Crippen molar-refractivity contribution in [1.82, 2.24) is 4.98 Å². The second kappa shape index (κ2) is 3.76. The molecule has 0 unspecified atom stereocenters. The lowest BCUT2D eigenvalue weighted by atomic mass is 10.0. The first-order valence-corrected chi connectivity index (χ1v) is 4.92. The number of hydrogen-bond acceptors (Lipinski definition) is 2. The fourth-order valence-corrected chi connectivity index (χ4v) is 1.66. The number of para-hydroxylation sites is 1. The van der Waals surface area contributed by atoms with E-state index >= 15 is 0 Å². The van der Waals surface area contributed by atoms with Gasteiger partial charge in [-0.25, -0.2) is 0 Å². The first kappa shape index (κ1) is 9.16. The Kier molecular flexibility index (Phi) is 2.46. The molecule has 0 aliphatic carbocycles. The van der Waals surface area contributed by atoms with Crippen LogP contribution in [0.5, 0.6) is 0 Å². The molecule has 72 valence electrons. The molecule has 1 heterocycles. The first-order chi connectivity index (χ1) is 6.83. The summed E-state index contributed by atoms with van der Waals surface area (Å²) in [5, 5.41) is 1.17. The molecule has 0 radical (unpaired) electrons. The van der Waals surface area contributed by atoms with Crippen molar-refractivity contribution in [3.05, 3.63) is 42.1 Å². The minimum Gasteiger partial charge on any atom is -0.324 e. The van der Waals surface area contributed by atoms with E-state index < -0.39 is 0 Å². The van der Waals surface area contributed by atoms with Crippen LogP contribution in [0.25, 0.3) is 10.9 Å². The molecule has 2 nitrogen and oxygen atoms in total. The van der Waals surface area contributed by atoms with E-state index in [0.717, 1.165) is 11.9 Å². The van der Waals surface area contributed by atoms with Crippen molar-refractivity contribution >= 4 is 10.9 Å². The average Bonchev–Trinajstić information content (AvgIpc) is 2.27. The normalized spacial score (nSPS) is 13.0. The van der Waals surface area contributed by atoms with Gasteiger partial charge in [0.1, 0.15) is 0 Å². The van der Waals surface area contributed by atoms with E-state index in [4.69, 9.17) is 5.73 Å². The Labute approximate surface area is 83.8 Å². The lowest BCUT2D eigenvalue weighted by Crippen LogP contribution is -2.09. The summed E-state index contributed by atoms with van der Waals surface area (Å²) >= 11 is 0. The van der Waals surface area contributed by atoms with Crippen molar-refractivity contribution in [3.8, 4) is 0 Å². The number of pyridine rings is 1. The summed E-state index contributed by atoms with van der Waals surface area (Å²) in [7, 11) is 0. The number of rotatable bonds is 2. The lowest BCUT2D eigenvalue weighted by Gasteiger charge is -2.11. The second-order valence-electron chi connectivity index (χ2n) is 3.43. The highest BCUT2D eigenvalue weighted by molar-refractivity contribution is 5.82. The number of fused-ring (bicyclic) bond motifs is 1. The van der Waals surface area contributed by atoms with E-state index in [2.05, 4.69) is 18.0 Å². The largest absolute Gasteiger partial charge is 0.324 e. The summed E-state index contributed by atoms with van der Waals surface area (Å²) in [4.78, 5) is 4.30. The fraction of sp³-hybridized carbons (Fsp3) is 0.250. The van der Waals surface area contributed by atoms with Gasteiger partial charge in [-0.2, -0.15) is 0 Å². The Morgan fingerprint density at radius 1 is 1.29 bits per heavy atom. The number of hydrogen-bond donors (Lipinski definition) is 1. The Morgan fingerprint density at radius 2 is 2.07 bits per heavy atom. The number of nitrogens with zero attached hydrogens (tertiary/aromatic N) is 1. The lowest BCUT2D eigenvalue weighted by molar-refractivity contribution is 0.703. The van der Waals surface area contributed by atoms with E-state index in [1.165, 1.54) is 10.9 Å². The van der Waals surface area contributed by atoms with Gasteiger partial charge in [-0.1, -0.05) is 25.1 Å². The van der Waals surface area contributed by atoms with Gasteiger partial charge in [-0.3, -0.25) is 4.98 Å². The molecule has 2 N–H and O–H groups in total. The smallest absolute Gasteiger partial charge is 0.0705 e. The van der Waals surface area contributed by atoms with Crippen LogP contribution in [0.4, 0.5) is 0 Å². The van der Waals surface area contributed by atoms with Crippen LogP contribution < -0.4 is 5.73 Å². The zero-order valence-electron chi connectivity index (χ0n) is 8.27. The SMILES string of the molecule is CC[C@@H](N)c1ccnc2ccccc12. The Hall–Kier alpha value is -1.41. The number of benzene rings is 1. The van der Waals surface area contributed by atoms with Gasteiger partial charge in [-0.15, -0.1) is 0 Å². The summed E-state index contributed by atoms with van der Waals surface area (Å²) in [6, 6.07) is 10.2. The van der Waals surface area contributed by atoms with E-state index in [-0.39, 0.29) is 6.04 Å². The molecule has 2 rings (SSSR count). The predicted octanol–water partition coefficient (Wildman–Crippen LogP) is 2.64. The molecular weight excluding hydrogens is 172 g/mol. The highest BCUT2D eigenvalue weighted by atomic mass is 14.7. The summed E-state index contributed by atoms with van der Waals surface area (Å²) < 4.78 is 0. The molecule has 2 aromatic rings. The van der Waals surface area contributed by atoms with E-state index in [0.29, 0.717) is 0 Å². The summed E-state index contributed by atoms with van der Waals surface area (Å²) in [5.41, 5.74) is 8.25. The number of nitrogens with two attached hydrogens (primary N) is 1. The van der Waals surface area contributed by atoms with Crippen molar-refractivity contribution in [3.63, 3.8) is 0 Å². The standard InChI is InChI=1S/C12H14N2/c1-2-11(13)9-7-8-14-12-6-4-3-5-10(9)12/h3-8,11H,2,13H2,1H3/t11-/m1/s1. The van der Waals surface area contributed by atoms with E-state index in [1.807, 2.05) is 30.5 Å². The van der Waals surface area contributed by atoms with Crippen LogP contribution in [-0.4, -0.2) is 4.98 Å². The third kappa shape index (κ3) is 1.49. The molecule has 14 heavy (non-hydrogen) atoms. The molecule has 1 aromatic heterocycles. The molecule has 2 heteroatoms. The van der Waals surface area contributed by atoms with Crippen LogP contribution in [0.2, 0.25) is 0 Å². The van der Waals surface area contributed by atoms with Gasteiger partial charge >= 0.3 is 0 Å². The molecule has 0 aliphatic heterocycles. The van der Waals surface area contributed by atoms with Gasteiger partial charge in [0.2, 0.25) is 0 Å². The van der Waals surface area contributed by atoms with Gasteiger partial charge in [-0.05, 0) is 24.1 Å². The fourth-order valence-electron chi connectivity index (χ4n) is 1.66. The van der Waals surface area contributed by atoms with E-state index in [1.54, 1.807) is 0 Å². The monoisotopic (exact) mass is 186 g/mol. The topological polar surface area (TPSA) is 38.9 Å². The Morgan fingerprint density at radius 3 is 2.86 bits per heavy atom. The molecule has 0 saturated heterocycles. The quantitative estimate of drug-likeness (QED) is 0.783. The van der Waals surface area contributed by atoms with Gasteiger partial charge < -0.3 is 5.73 Å². The molecule has 0 spiro atoms. The van der Waals surface area contributed by atoms with Crippen molar-refractivity contribution < 1.29 is 0 Å². The minimum atomic E-state index is 0.114. The van der Waals surface area contributed by atoms with Crippen molar-refractivity contribution in [2.45, 2.75) is 19.4 Å². The molecular formula is C12H14N2. The van der Waals surface area contributed by atoms with Crippen LogP contribution in [0, 0.1) is 0 Å². The van der Waals surface area contributed by atoms with Gasteiger partial charge in [0.25, 0.3) is 0 Å². The van der Waals surface area contributed by atoms with Crippen molar-refractivity contribution in [2.24, 2.45) is 5.73 Å². The maximum Gasteiger partial charge on any atom is 0.0705 e. The molecule has 0 amide bonds. The summed E-state index contributed by atoms with van der Waals surface area (Å²) in [6.07, 6.45) is 2.78. The Bertz CT molecular complexity index is 432. The third-order valence-electron chi connectivity index (χ3n) is 2.52. The highest BCUT2D eigenvalue weighted by Crippen LogP contribution is 2.22. The zero-order chi connectivity index (χ0) is 9.97. The van der Waals surface area contributed by atoms with Crippen LogP contribution in [0.1, 0.15) is 24.9 Å².